The molecule has 0 aliphatic carbocycles. The molecule has 0 saturated heterocycles. The molecule has 2 rings (SSSR count). The molecule has 0 saturated carbocycles. The van der Waals surface area contributed by atoms with Gasteiger partial charge in [0.25, 0.3) is 0 Å². The smallest absolute Gasteiger partial charge is 0.165 e. The molecule has 3 N–H and O–H groups in total. The average molecular weight is 324 g/mol. The van der Waals surface area contributed by atoms with E-state index in [1.165, 1.54) is 12.1 Å². The lowest BCUT2D eigenvalue weighted by molar-refractivity contribution is 0.432. The van der Waals surface area contributed by atoms with Crippen LogP contribution in [0.15, 0.2) is 34.8 Å². The molecule has 2 aromatic rings. The molecule has 0 radical (unpaired) electrons. The van der Waals surface area contributed by atoms with Gasteiger partial charge in [-0.05, 0) is 63.3 Å². The summed E-state index contributed by atoms with van der Waals surface area (Å²) >= 11 is 3.44. The molecule has 0 fully saturated rings. The Bertz CT molecular complexity index is 613. The second-order valence-corrected chi connectivity index (χ2v) is 5.26. The fourth-order valence-corrected chi connectivity index (χ4v) is 2.48. The van der Waals surface area contributed by atoms with Crippen molar-refractivity contribution in [2.24, 2.45) is 0 Å². The molecule has 0 unspecified atom stereocenters. The summed E-state index contributed by atoms with van der Waals surface area (Å²) in [5.41, 5.74) is 9.24. The maximum Gasteiger partial charge on any atom is 0.165 e. The van der Waals surface area contributed by atoms with Gasteiger partial charge in [0.15, 0.2) is 11.6 Å². The second kappa shape index (κ2) is 5.61. The fourth-order valence-electron chi connectivity index (χ4n) is 2.03. The van der Waals surface area contributed by atoms with Crippen LogP contribution in [0.3, 0.4) is 0 Å². The summed E-state index contributed by atoms with van der Waals surface area (Å²) in [7, 11) is 0. The lowest BCUT2D eigenvalue weighted by Crippen LogP contribution is -1.94. The van der Waals surface area contributed by atoms with Crippen LogP contribution in [0, 0.1) is 5.82 Å². The fraction of sp³-hybridized carbons (Fsp3) is 0.200. The average Bonchev–Trinajstić information content (AvgIpc) is 2.37. The van der Waals surface area contributed by atoms with Gasteiger partial charge >= 0.3 is 0 Å². The highest BCUT2D eigenvalue weighted by Crippen LogP contribution is 2.35. The number of phenolic OH excluding ortho intramolecular Hbond substituents is 1. The van der Waals surface area contributed by atoms with Gasteiger partial charge in [-0.25, -0.2) is 4.39 Å². The number of phenols is 1. The first-order valence-corrected chi connectivity index (χ1v) is 6.89. The first kappa shape index (κ1) is 13.9. The van der Waals surface area contributed by atoms with Crippen LogP contribution in [0.4, 0.5) is 10.1 Å². The number of anilines is 1. The molecular weight excluding hydrogens is 309 g/mol. The van der Waals surface area contributed by atoms with Crippen LogP contribution in [0.25, 0.3) is 11.1 Å². The highest BCUT2D eigenvalue weighted by atomic mass is 79.9. The van der Waals surface area contributed by atoms with E-state index in [-0.39, 0.29) is 5.75 Å². The molecule has 0 spiro atoms. The van der Waals surface area contributed by atoms with Gasteiger partial charge in [-0.2, -0.15) is 0 Å². The van der Waals surface area contributed by atoms with Gasteiger partial charge in [0.05, 0.1) is 0 Å². The Hall–Kier alpha value is -1.55. The van der Waals surface area contributed by atoms with E-state index in [1.54, 1.807) is 6.07 Å². The number of aryl methyl sites for hydroxylation is 1. The monoisotopic (exact) mass is 323 g/mol. The van der Waals surface area contributed by atoms with Crippen molar-refractivity contribution in [1.82, 2.24) is 0 Å². The molecule has 0 aliphatic heterocycles. The minimum absolute atomic E-state index is 0.349. The number of aromatic hydroxyl groups is 1. The summed E-state index contributed by atoms with van der Waals surface area (Å²) in [5, 5.41) is 9.24. The Morgan fingerprint density at radius 1 is 1.26 bits per heavy atom. The lowest BCUT2D eigenvalue weighted by atomic mass is 10.00. The lowest BCUT2D eigenvalue weighted by Gasteiger charge is -2.11. The predicted molar refractivity (Wildman–Crippen MR) is 79.6 cm³/mol. The van der Waals surface area contributed by atoms with Crippen molar-refractivity contribution in [3.63, 3.8) is 0 Å². The third-order valence-electron chi connectivity index (χ3n) is 2.96. The molecule has 4 heteroatoms. The maximum atomic E-state index is 13.4. The molecule has 100 valence electrons. The van der Waals surface area contributed by atoms with Gasteiger partial charge in [-0.15, -0.1) is 0 Å². The molecule has 19 heavy (non-hydrogen) atoms. The summed E-state index contributed by atoms with van der Waals surface area (Å²) in [5.74, 6) is -0.985. The van der Waals surface area contributed by atoms with E-state index in [9.17, 15) is 9.50 Å². The van der Waals surface area contributed by atoms with Crippen molar-refractivity contribution in [3.8, 4) is 16.9 Å². The normalized spacial score (nSPS) is 10.7. The van der Waals surface area contributed by atoms with E-state index in [1.807, 2.05) is 12.1 Å². The second-order valence-electron chi connectivity index (χ2n) is 4.46. The van der Waals surface area contributed by atoms with Crippen LogP contribution >= 0.6 is 15.9 Å². The number of benzene rings is 2. The van der Waals surface area contributed by atoms with Gasteiger partial charge in [0.1, 0.15) is 0 Å². The van der Waals surface area contributed by atoms with E-state index in [0.29, 0.717) is 11.3 Å². The number of halogens is 2. The van der Waals surface area contributed by atoms with Gasteiger partial charge in [0, 0.05) is 10.2 Å². The summed E-state index contributed by atoms with van der Waals surface area (Å²) < 4.78 is 14.2. The van der Waals surface area contributed by atoms with E-state index in [2.05, 4.69) is 22.9 Å². The Balaban J connectivity index is 2.56. The molecular formula is C15H15BrFNO. The number of rotatable bonds is 3. The SMILES string of the molecule is CCCc1cc(N)c(Br)c(-c2ccc(O)c(F)c2)c1. The van der Waals surface area contributed by atoms with Crippen molar-refractivity contribution in [1.29, 1.82) is 0 Å². The van der Waals surface area contributed by atoms with Crippen molar-refractivity contribution in [2.45, 2.75) is 19.8 Å². The minimum atomic E-state index is -0.635. The molecule has 0 heterocycles. The van der Waals surface area contributed by atoms with Crippen molar-refractivity contribution < 1.29 is 9.50 Å². The number of nitrogens with two attached hydrogens (primary N) is 1. The maximum absolute atomic E-state index is 13.4. The Kier molecular flexibility index (Phi) is 4.10. The van der Waals surface area contributed by atoms with Gasteiger partial charge in [-0.1, -0.05) is 19.4 Å². The zero-order valence-corrected chi connectivity index (χ0v) is 12.2. The van der Waals surface area contributed by atoms with Crippen LogP contribution in [0.5, 0.6) is 5.75 Å². The summed E-state index contributed by atoms with van der Waals surface area (Å²) in [4.78, 5) is 0. The van der Waals surface area contributed by atoms with Crippen LogP contribution in [0.2, 0.25) is 0 Å². The van der Waals surface area contributed by atoms with Crippen molar-refractivity contribution >= 4 is 21.6 Å². The molecule has 0 atom stereocenters. The van der Waals surface area contributed by atoms with Crippen LogP contribution in [-0.4, -0.2) is 5.11 Å². The zero-order chi connectivity index (χ0) is 14.0. The highest BCUT2D eigenvalue weighted by molar-refractivity contribution is 9.10. The first-order valence-electron chi connectivity index (χ1n) is 6.09. The Labute approximate surface area is 120 Å². The number of hydrogen-bond donors (Lipinski definition) is 2. The topological polar surface area (TPSA) is 46.2 Å². The molecule has 0 bridgehead atoms. The molecule has 2 nitrogen and oxygen atoms in total. The third-order valence-corrected chi connectivity index (χ3v) is 3.84. The largest absolute Gasteiger partial charge is 0.505 e. The number of nitrogen functional groups attached to an aromatic ring is 1. The Morgan fingerprint density at radius 2 is 2.00 bits per heavy atom. The summed E-state index contributed by atoms with van der Waals surface area (Å²) in [6.45, 7) is 2.10. The summed E-state index contributed by atoms with van der Waals surface area (Å²) in [6, 6.07) is 8.25. The number of hydrogen-bond acceptors (Lipinski definition) is 2. The van der Waals surface area contributed by atoms with Crippen molar-refractivity contribution in [2.75, 3.05) is 5.73 Å². The van der Waals surface area contributed by atoms with Crippen LogP contribution in [-0.2, 0) is 6.42 Å². The van der Waals surface area contributed by atoms with E-state index in [4.69, 9.17) is 5.73 Å². The van der Waals surface area contributed by atoms with E-state index >= 15 is 0 Å². The van der Waals surface area contributed by atoms with Crippen LogP contribution < -0.4 is 5.73 Å². The molecule has 0 aromatic heterocycles. The predicted octanol–water partition coefficient (Wildman–Crippen LogP) is 4.50. The Morgan fingerprint density at radius 3 is 2.63 bits per heavy atom. The van der Waals surface area contributed by atoms with E-state index < -0.39 is 5.82 Å². The van der Waals surface area contributed by atoms with Gasteiger partial charge < -0.3 is 10.8 Å². The van der Waals surface area contributed by atoms with Crippen molar-refractivity contribution in [3.05, 3.63) is 46.2 Å². The quantitative estimate of drug-likeness (QED) is 0.817. The van der Waals surface area contributed by atoms with E-state index in [0.717, 1.165) is 28.4 Å². The third kappa shape index (κ3) is 2.89. The summed E-state index contributed by atoms with van der Waals surface area (Å²) in [6.07, 6.45) is 1.94. The highest BCUT2D eigenvalue weighted by Gasteiger charge is 2.10. The minimum Gasteiger partial charge on any atom is -0.505 e. The first-order chi connectivity index (χ1) is 9.02. The zero-order valence-electron chi connectivity index (χ0n) is 10.6. The molecule has 2 aromatic carbocycles. The van der Waals surface area contributed by atoms with Gasteiger partial charge in [0.2, 0.25) is 0 Å². The van der Waals surface area contributed by atoms with Gasteiger partial charge in [-0.3, -0.25) is 0 Å². The van der Waals surface area contributed by atoms with Crippen LogP contribution in [0.1, 0.15) is 18.9 Å². The standard InChI is InChI=1S/C15H15BrFNO/c1-2-3-9-6-11(15(16)13(18)7-9)10-4-5-14(19)12(17)8-10/h4-8,19H,2-3,18H2,1H3. The molecule has 0 amide bonds. The molecule has 0 aliphatic rings.